The monoisotopic (exact) mass is 313 g/mol. The van der Waals surface area contributed by atoms with Crippen molar-refractivity contribution in [2.75, 3.05) is 13.7 Å². The molecule has 0 saturated heterocycles. The molecule has 0 bridgehead atoms. The third kappa shape index (κ3) is 3.43. The van der Waals surface area contributed by atoms with Crippen LogP contribution in [0.15, 0.2) is 6.20 Å². The Balaban J connectivity index is 2.28. The second kappa shape index (κ2) is 6.67. The van der Waals surface area contributed by atoms with Gasteiger partial charge >= 0.3 is 0 Å². The van der Waals surface area contributed by atoms with Crippen LogP contribution in [0.2, 0.25) is 5.02 Å². The van der Waals surface area contributed by atoms with E-state index in [-0.39, 0.29) is 11.5 Å². The van der Waals surface area contributed by atoms with Gasteiger partial charge in [-0.05, 0) is 24.7 Å². The lowest BCUT2D eigenvalue weighted by atomic mass is 9.65. The van der Waals surface area contributed by atoms with Crippen LogP contribution in [-0.2, 0) is 16.7 Å². The Labute approximate surface area is 133 Å². The SMILES string of the molecule is COCCn1ncc(Cl)c1C(C)(C)C1CCC(C)CC1N. The molecule has 1 fully saturated rings. The first-order valence-electron chi connectivity index (χ1n) is 7.84. The van der Waals surface area contributed by atoms with Crippen LogP contribution in [0.4, 0.5) is 0 Å². The Kier molecular flexibility index (Phi) is 5.33. The molecule has 1 heterocycles. The second-order valence-corrected chi connectivity index (χ2v) is 7.37. The van der Waals surface area contributed by atoms with Crippen molar-refractivity contribution in [3.63, 3.8) is 0 Å². The Morgan fingerprint density at radius 1 is 1.48 bits per heavy atom. The molecule has 120 valence electrons. The normalized spacial score (nSPS) is 27.0. The zero-order chi connectivity index (χ0) is 15.6. The molecule has 3 unspecified atom stereocenters. The molecule has 0 radical (unpaired) electrons. The van der Waals surface area contributed by atoms with Crippen LogP contribution >= 0.6 is 11.6 Å². The molecule has 0 spiro atoms. The van der Waals surface area contributed by atoms with E-state index in [9.17, 15) is 0 Å². The van der Waals surface area contributed by atoms with E-state index in [1.165, 1.54) is 6.42 Å². The van der Waals surface area contributed by atoms with Gasteiger partial charge in [0.05, 0.1) is 30.1 Å². The first-order valence-corrected chi connectivity index (χ1v) is 8.22. The van der Waals surface area contributed by atoms with Crippen LogP contribution in [-0.4, -0.2) is 29.5 Å². The average Bonchev–Trinajstić information content (AvgIpc) is 2.77. The smallest absolute Gasteiger partial charge is 0.0823 e. The van der Waals surface area contributed by atoms with E-state index in [1.54, 1.807) is 13.3 Å². The zero-order valence-corrected chi connectivity index (χ0v) is 14.4. The summed E-state index contributed by atoms with van der Waals surface area (Å²) in [6, 6.07) is 0.227. The molecule has 1 aromatic heterocycles. The van der Waals surface area contributed by atoms with Gasteiger partial charge in [-0.15, -0.1) is 0 Å². The summed E-state index contributed by atoms with van der Waals surface area (Å²) >= 11 is 6.44. The minimum absolute atomic E-state index is 0.0825. The molecule has 4 nitrogen and oxygen atoms in total. The summed E-state index contributed by atoms with van der Waals surface area (Å²) in [6.07, 6.45) is 5.23. The number of hydrogen-bond acceptors (Lipinski definition) is 3. The third-order valence-corrected chi connectivity index (χ3v) is 5.28. The van der Waals surface area contributed by atoms with Crippen molar-refractivity contribution in [3.8, 4) is 0 Å². The summed E-state index contributed by atoms with van der Waals surface area (Å²) in [5, 5.41) is 5.16. The lowest BCUT2D eigenvalue weighted by molar-refractivity contribution is 0.154. The highest BCUT2D eigenvalue weighted by molar-refractivity contribution is 6.31. The quantitative estimate of drug-likeness (QED) is 0.908. The predicted octanol–water partition coefficient (Wildman–Crippen LogP) is 3.22. The van der Waals surface area contributed by atoms with Gasteiger partial charge < -0.3 is 10.5 Å². The van der Waals surface area contributed by atoms with E-state index >= 15 is 0 Å². The van der Waals surface area contributed by atoms with Gasteiger partial charge in [-0.1, -0.05) is 38.8 Å². The van der Waals surface area contributed by atoms with Crippen LogP contribution < -0.4 is 5.73 Å². The molecular weight excluding hydrogens is 286 g/mol. The number of nitrogens with two attached hydrogens (primary N) is 1. The number of halogens is 1. The zero-order valence-electron chi connectivity index (χ0n) is 13.6. The maximum atomic E-state index is 6.46. The Hall–Kier alpha value is -0.580. The summed E-state index contributed by atoms with van der Waals surface area (Å²) in [7, 11) is 1.70. The summed E-state index contributed by atoms with van der Waals surface area (Å²) in [5.74, 6) is 1.16. The van der Waals surface area contributed by atoms with Gasteiger partial charge in [0, 0.05) is 18.6 Å². The molecule has 5 heteroatoms. The van der Waals surface area contributed by atoms with Gasteiger partial charge in [0.1, 0.15) is 0 Å². The second-order valence-electron chi connectivity index (χ2n) is 6.97. The summed E-state index contributed by atoms with van der Waals surface area (Å²) < 4.78 is 7.16. The first kappa shape index (κ1) is 16.8. The van der Waals surface area contributed by atoms with E-state index in [4.69, 9.17) is 22.1 Å². The van der Waals surface area contributed by atoms with E-state index in [0.29, 0.717) is 12.5 Å². The number of methoxy groups -OCH3 is 1. The fourth-order valence-corrected chi connectivity index (χ4v) is 4.23. The largest absolute Gasteiger partial charge is 0.383 e. The van der Waals surface area contributed by atoms with Gasteiger partial charge in [0.2, 0.25) is 0 Å². The third-order valence-electron chi connectivity index (χ3n) is 5.00. The van der Waals surface area contributed by atoms with Crippen molar-refractivity contribution >= 4 is 11.6 Å². The topological polar surface area (TPSA) is 53.1 Å². The Morgan fingerprint density at radius 2 is 2.19 bits per heavy atom. The molecule has 1 aromatic rings. The van der Waals surface area contributed by atoms with Crippen molar-refractivity contribution in [3.05, 3.63) is 16.9 Å². The summed E-state index contributed by atoms with van der Waals surface area (Å²) in [4.78, 5) is 0. The van der Waals surface area contributed by atoms with Gasteiger partial charge in [-0.2, -0.15) is 5.10 Å². The Morgan fingerprint density at radius 3 is 2.81 bits per heavy atom. The van der Waals surface area contributed by atoms with Crippen molar-refractivity contribution in [2.24, 2.45) is 17.6 Å². The average molecular weight is 314 g/mol. The van der Waals surface area contributed by atoms with Crippen LogP contribution in [0.5, 0.6) is 0 Å². The number of ether oxygens (including phenoxy) is 1. The molecule has 21 heavy (non-hydrogen) atoms. The van der Waals surface area contributed by atoms with Gasteiger partial charge in [-0.25, -0.2) is 0 Å². The van der Waals surface area contributed by atoms with E-state index in [0.717, 1.165) is 36.0 Å². The lowest BCUT2D eigenvalue weighted by Crippen LogP contribution is -2.46. The molecule has 1 saturated carbocycles. The van der Waals surface area contributed by atoms with Gasteiger partial charge in [0.15, 0.2) is 0 Å². The molecule has 2 rings (SSSR count). The number of nitrogens with zero attached hydrogens (tertiary/aromatic N) is 2. The van der Waals surface area contributed by atoms with Crippen molar-refractivity contribution < 1.29 is 4.74 Å². The molecule has 1 aliphatic rings. The molecule has 0 aromatic carbocycles. The molecule has 0 aliphatic heterocycles. The molecule has 0 amide bonds. The maximum Gasteiger partial charge on any atom is 0.0823 e. The lowest BCUT2D eigenvalue weighted by Gasteiger charge is -2.43. The maximum absolute atomic E-state index is 6.46. The molecule has 1 aliphatic carbocycles. The molecular formula is C16H28ClN3O. The van der Waals surface area contributed by atoms with Gasteiger partial charge in [-0.3, -0.25) is 4.68 Å². The van der Waals surface area contributed by atoms with Gasteiger partial charge in [0.25, 0.3) is 0 Å². The molecule has 2 N–H and O–H groups in total. The van der Waals surface area contributed by atoms with Crippen LogP contribution in [0.3, 0.4) is 0 Å². The van der Waals surface area contributed by atoms with Crippen LogP contribution in [0.25, 0.3) is 0 Å². The predicted molar refractivity (Wildman–Crippen MR) is 86.6 cm³/mol. The summed E-state index contributed by atoms with van der Waals surface area (Å²) in [5.41, 5.74) is 7.48. The number of hydrogen-bond donors (Lipinski definition) is 1. The number of aromatic nitrogens is 2. The standard InChI is InChI=1S/C16H28ClN3O/c1-11-5-6-12(14(18)9-11)16(2,3)15-13(17)10-19-20(15)7-8-21-4/h10-12,14H,5-9,18H2,1-4H3. The highest BCUT2D eigenvalue weighted by atomic mass is 35.5. The van der Waals surface area contributed by atoms with Crippen molar-refractivity contribution in [1.29, 1.82) is 0 Å². The van der Waals surface area contributed by atoms with Crippen molar-refractivity contribution in [2.45, 2.75) is 58.0 Å². The van der Waals surface area contributed by atoms with E-state index < -0.39 is 0 Å². The fourth-order valence-electron chi connectivity index (χ4n) is 3.85. The fraction of sp³-hybridized carbons (Fsp3) is 0.812. The van der Waals surface area contributed by atoms with Crippen LogP contribution in [0.1, 0.15) is 45.7 Å². The van der Waals surface area contributed by atoms with Crippen molar-refractivity contribution in [1.82, 2.24) is 9.78 Å². The highest BCUT2D eigenvalue weighted by Gasteiger charge is 2.41. The first-order chi connectivity index (χ1) is 9.87. The van der Waals surface area contributed by atoms with E-state index in [2.05, 4.69) is 25.9 Å². The minimum atomic E-state index is -0.0825. The summed E-state index contributed by atoms with van der Waals surface area (Å²) in [6.45, 7) is 8.15. The minimum Gasteiger partial charge on any atom is -0.383 e. The number of rotatable bonds is 5. The van der Waals surface area contributed by atoms with Crippen LogP contribution in [0, 0.1) is 11.8 Å². The molecule has 3 atom stereocenters. The Bertz CT molecular complexity index is 472. The highest BCUT2D eigenvalue weighted by Crippen LogP contribution is 2.43. The van der Waals surface area contributed by atoms with E-state index in [1.807, 2.05) is 4.68 Å².